The van der Waals surface area contributed by atoms with E-state index in [2.05, 4.69) is 4.98 Å². The molecule has 1 aromatic carbocycles. The van der Waals surface area contributed by atoms with E-state index in [-0.39, 0.29) is 0 Å². The molecule has 1 rings (SSSR count). The number of benzene rings is 1. The van der Waals surface area contributed by atoms with Gasteiger partial charge in [-0.3, -0.25) is 30.3 Å². The van der Waals surface area contributed by atoms with Gasteiger partial charge in [-0.25, -0.2) is 0 Å². The van der Waals surface area contributed by atoms with Crippen LogP contribution in [0.4, 0.5) is 22.7 Å². The predicted octanol–water partition coefficient (Wildman–Crippen LogP) is 1.90. The van der Waals surface area contributed by atoms with Crippen molar-refractivity contribution in [3.05, 3.63) is 47.5 Å². The zero-order valence-electron chi connectivity index (χ0n) is 7.84. The quantitative estimate of drug-likeness (QED) is 0.443. The molecule has 0 amide bonds. The van der Waals surface area contributed by atoms with E-state index in [0.717, 1.165) is 0 Å². The Labute approximate surface area is 91.4 Å². The SMILES string of the molecule is N#[N+]c1cc([N+](=O)[O-])c([N+](=O)[O-])cc1[N+](=O)[O-]. The van der Waals surface area contributed by atoms with Crippen molar-refractivity contribution in [2.75, 3.05) is 0 Å². The van der Waals surface area contributed by atoms with Crippen molar-refractivity contribution < 1.29 is 14.8 Å². The Bertz CT molecular complexity index is 575. The fourth-order valence-electron chi connectivity index (χ4n) is 1.07. The number of nitro benzene ring substituents is 3. The van der Waals surface area contributed by atoms with Crippen LogP contribution in [0.25, 0.3) is 4.98 Å². The molecule has 0 saturated heterocycles. The molecule has 17 heavy (non-hydrogen) atoms. The molecule has 0 saturated carbocycles. The Morgan fingerprint density at radius 3 is 1.65 bits per heavy atom. The van der Waals surface area contributed by atoms with Gasteiger partial charge in [-0.1, -0.05) is 0 Å². The van der Waals surface area contributed by atoms with Crippen molar-refractivity contribution in [2.45, 2.75) is 0 Å². The van der Waals surface area contributed by atoms with Gasteiger partial charge >= 0.3 is 22.7 Å². The Hall–Kier alpha value is -3.16. The van der Waals surface area contributed by atoms with Gasteiger partial charge < -0.3 is 0 Å². The van der Waals surface area contributed by atoms with Gasteiger partial charge in [0, 0.05) is 0 Å². The van der Waals surface area contributed by atoms with E-state index in [1.54, 1.807) is 0 Å². The molecule has 0 bridgehead atoms. The van der Waals surface area contributed by atoms with Gasteiger partial charge in [-0.2, -0.15) is 0 Å². The highest BCUT2D eigenvalue weighted by atomic mass is 16.6. The van der Waals surface area contributed by atoms with E-state index in [0.29, 0.717) is 12.1 Å². The van der Waals surface area contributed by atoms with Crippen LogP contribution in [0.15, 0.2) is 12.1 Å². The van der Waals surface area contributed by atoms with Gasteiger partial charge in [0.25, 0.3) is 0 Å². The highest BCUT2D eigenvalue weighted by molar-refractivity contribution is 5.73. The van der Waals surface area contributed by atoms with E-state index in [1.807, 2.05) is 0 Å². The maximum atomic E-state index is 10.5. The smallest absolute Gasteiger partial charge is 0.258 e. The lowest BCUT2D eigenvalue weighted by atomic mass is 10.2. The third kappa shape index (κ3) is 2.09. The first-order valence-corrected chi connectivity index (χ1v) is 3.84. The summed E-state index contributed by atoms with van der Waals surface area (Å²) in [6.45, 7) is 0. The molecule has 0 atom stereocenters. The number of hydrogen-bond donors (Lipinski definition) is 0. The van der Waals surface area contributed by atoms with E-state index < -0.39 is 37.5 Å². The fourth-order valence-corrected chi connectivity index (χ4v) is 1.07. The minimum Gasteiger partial charge on any atom is -0.258 e. The second-order valence-electron chi connectivity index (χ2n) is 2.70. The Morgan fingerprint density at radius 2 is 1.29 bits per heavy atom. The lowest BCUT2D eigenvalue weighted by Gasteiger charge is -1.93. The number of rotatable bonds is 3. The van der Waals surface area contributed by atoms with Gasteiger partial charge in [-0.15, -0.1) is 0 Å². The highest BCUT2D eigenvalue weighted by Gasteiger charge is 2.37. The Morgan fingerprint density at radius 1 is 0.882 bits per heavy atom. The molecular formula is C6H2N5O6+. The first-order valence-electron chi connectivity index (χ1n) is 3.84. The molecular weight excluding hydrogens is 238 g/mol. The summed E-state index contributed by atoms with van der Waals surface area (Å²) in [5.74, 6) is 0. The Kier molecular flexibility index (Phi) is 2.90. The summed E-state index contributed by atoms with van der Waals surface area (Å²) in [5, 5.41) is 39.9. The van der Waals surface area contributed by atoms with Crippen LogP contribution < -0.4 is 0 Å². The first-order chi connectivity index (χ1) is 7.88. The van der Waals surface area contributed by atoms with Crippen LogP contribution in [0.3, 0.4) is 0 Å². The van der Waals surface area contributed by atoms with Crippen LogP contribution in [-0.4, -0.2) is 14.8 Å². The average Bonchev–Trinajstić information content (AvgIpc) is 2.26. The summed E-state index contributed by atoms with van der Waals surface area (Å²) in [5.41, 5.74) is -3.67. The summed E-state index contributed by atoms with van der Waals surface area (Å²) < 4.78 is 0. The number of nitrogens with zero attached hydrogens (tertiary/aromatic N) is 5. The van der Waals surface area contributed by atoms with E-state index in [9.17, 15) is 30.3 Å². The lowest BCUT2D eigenvalue weighted by molar-refractivity contribution is -0.424. The zero-order chi connectivity index (χ0) is 13.2. The van der Waals surface area contributed by atoms with Gasteiger partial charge in [0.2, 0.25) is 5.39 Å². The molecule has 0 aromatic heterocycles. The molecule has 11 nitrogen and oxygen atoms in total. The summed E-state index contributed by atoms with van der Waals surface area (Å²) in [4.78, 5) is 30.6. The highest BCUT2D eigenvalue weighted by Crippen LogP contribution is 2.38. The molecule has 0 aliphatic rings. The third-order valence-corrected chi connectivity index (χ3v) is 1.77. The van der Waals surface area contributed by atoms with Crippen molar-refractivity contribution in [3.8, 4) is 0 Å². The van der Waals surface area contributed by atoms with E-state index in [1.165, 1.54) is 0 Å². The van der Waals surface area contributed by atoms with Crippen LogP contribution in [0, 0.1) is 35.7 Å². The topological polar surface area (TPSA) is 158 Å². The summed E-state index contributed by atoms with van der Waals surface area (Å²) in [7, 11) is 0. The molecule has 0 fully saturated rings. The third-order valence-electron chi connectivity index (χ3n) is 1.77. The van der Waals surface area contributed by atoms with Crippen molar-refractivity contribution in [2.24, 2.45) is 0 Å². The van der Waals surface area contributed by atoms with Crippen LogP contribution in [0.5, 0.6) is 0 Å². The standard InChI is InChI=1S/C6H2N5O6/c7-8-3-1-5(10(14)15)6(11(16)17)2-4(3)9(12)13/h1-2H/q+1. The zero-order valence-corrected chi connectivity index (χ0v) is 7.84. The number of hydrogen-bond acceptors (Lipinski definition) is 7. The minimum atomic E-state index is -1.13. The largest absolute Gasteiger partial charge is 0.468 e. The maximum Gasteiger partial charge on any atom is 0.468 e. The van der Waals surface area contributed by atoms with Crippen molar-refractivity contribution in [1.29, 1.82) is 5.39 Å². The van der Waals surface area contributed by atoms with Crippen molar-refractivity contribution in [3.63, 3.8) is 0 Å². The molecule has 0 aliphatic heterocycles. The summed E-state index contributed by atoms with van der Waals surface area (Å²) >= 11 is 0. The van der Waals surface area contributed by atoms with Gasteiger partial charge in [0.15, 0.2) is 4.98 Å². The molecule has 1 aromatic rings. The molecule has 0 spiro atoms. The van der Waals surface area contributed by atoms with Gasteiger partial charge in [0.1, 0.15) is 12.1 Å². The van der Waals surface area contributed by atoms with E-state index in [4.69, 9.17) is 5.39 Å². The van der Waals surface area contributed by atoms with Crippen LogP contribution in [0.2, 0.25) is 0 Å². The molecule has 0 aliphatic carbocycles. The van der Waals surface area contributed by atoms with Crippen molar-refractivity contribution >= 4 is 22.7 Å². The molecule has 11 heteroatoms. The van der Waals surface area contributed by atoms with Crippen LogP contribution in [-0.2, 0) is 0 Å². The van der Waals surface area contributed by atoms with Gasteiger partial charge in [-0.05, 0) is 0 Å². The average molecular weight is 240 g/mol. The van der Waals surface area contributed by atoms with Crippen LogP contribution >= 0.6 is 0 Å². The lowest BCUT2D eigenvalue weighted by Crippen LogP contribution is -1.98. The molecule has 0 heterocycles. The molecule has 0 radical (unpaired) electrons. The van der Waals surface area contributed by atoms with Gasteiger partial charge in [0.05, 0.1) is 14.8 Å². The molecule has 86 valence electrons. The second-order valence-corrected chi connectivity index (χ2v) is 2.70. The molecule has 0 unspecified atom stereocenters. The first kappa shape index (κ1) is 11.9. The minimum absolute atomic E-state index is 0.368. The fraction of sp³-hybridized carbons (Fsp3) is 0. The van der Waals surface area contributed by atoms with Crippen molar-refractivity contribution in [1.82, 2.24) is 0 Å². The Balaban J connectivity index is 3.67. The normalized spacial score (nSPS) is 9.35. The maximum absolute atomic E-state index is 10.5. The summed E-state index contributed by atoms with van der Waals surface area (Å²) in [6.07, 6.45) is 0. The monoisotopic (exact) mass is 240 g/mol. The second kappa shape index (κ2) is 4.14. The number of nitro groups is 3. The number of diazo groups is 1. The van der Waals surface area contributed by atoms with E-state index >= 15 is 0 Å². The molecule has 0 N–H and O–H groups in total. The predicted molar refractivity (Wildman–Crippen MR) is 51.1 cm³/mol. The summed E-state index contributed by atoms with van der Waals surface area (Å²) in [6, 6.07) is 0.823. The van der Waals surface area contributed by atoms with Crippen LogP contribution in [0.1, 0.15) is 0 Å².